The first-order valence-corrected chi connectivity index (χ1v) is 9.27. The predicted octanol–water partition coefficient (Wildman–Crippen LogP) is 2.93. The molecule has 0 saturated carbocycles. The van der Waals surface area contributed by atoms with Crippen LogP contribution in [-0.4, -0.2) is 46.4 Å². The van der Waals surface area contributed by atoms with E-state index in [-0.39, 0.29) is 11.8 Å². The smallest absolute Gasteiger partial charge is 0.225 e. The molecule has 2 aromatic rings. The van der Waals surface area contributed by atoms with Gasteiger partial charge >= 0.3 is 0 Å². The molecule has 0 fully saturated rings. The van der Waals surface area contributed by atoms with Gasteiger partial charge in [0.05, 0.1) is 12.2 Å². The number of rotatable bonds is 5. The summed E-state index contributed by atoms with van der Waals surface area (Å²) in [4.78, 5) is 30.4. The van der Waals surface area contributed by atoms with E-state index < -0.39 is 0 Å². The van der Waals surface area contributed by atoms with E-state index in [2.05, 4.69) is 11.9 Å². The maximum Gasteiger partial charge on any atom is 0.225 e. The van der Waals surface area contributed by atoms with Gasteiger partial charge in [-0.3, -0.25) is 9.78 Å². The van der Waals surface area contributed by atoms with Crippen molar-refractivity contribution < 1.29 is 4.79 Å². The summed E-state index contributed by atoms with van der Waals surface area (Å²) < 4.78 is 0. The van der Waals surface area contributed by atoms with Crippen LogP contribution in [0.4, 0.5) is 5.82 Å². The molecule has 0 aliphatic carbocycles. The van der Waals surface area contributed by atoms with Crippen LogP contribution in [0.25, 0.3) is 11.4 Å². The number of carbonyl (C=O) groups excluding carboxylic acids is 1. The van der Waals surface area contributed by atoms with Gasteiger partial charge in [-0.2, -0.15) is 0 Å². The normalized spacial score (nSPS) is 14.7. The maximum atomic E-state index is 12.7. The third-order valence-corrected chi connectivity index (χ3v) is 4.86. The van der Waals surface area contributed by atoms with Gasteiger partial charge in [0.25, 0.3) is 0 Å². The molecule has 0 saturated heterocycles. The minimum atomic E-state index is 0.0661. The van der Waals surface area contributed by atoms with E-state index in [0.29, 0.717) is 12.4 Å². The Kier molecular flexibility index (Phi) is 5.49. The van der Waals surface area contributed by atoms with Crippen LogP contribution in [0.15, 0.2) is 24.5 Å². The van der Waals surface area contributed by atoms with Crippen molar-refractivity contribution in [3.8, 4) is 11.4 Å². The molecule has 3 heterocycles. The summed E-state index contributed by atoms with van der Waals surface area (Å²) in [6.07, 6.45) is 6.24. The topological polar surface area (TPSA) is 62.2 Å². The zero-order valence-corrected chi connectivity index (χ0v) is 16.1. The zero-order chi connectivity index (χ0) is 18.7. The SMILES string of the molecule is CCC[C@H](C)C(=O)N1CCc2c(nc(-c3ccncc3)nc2N(C)C)C1. The Morgan fingerprint density at radius 2 is 2.00 bits per heavy atom. The highest BCUT2D eigenvalue weighted by molar-refractivity contribution is 5.79. The van der Waals surface area contributed by atoms with E-state index in [0.717, 1.165) is 48.4 Å². The van der Waals surface area contributed by atoms with Crippen LogP contribution in [0.3, 0.4) is 0 Å². The number of hydrogen-bond donors (Lipinski definition) is 0. The molecule has 0 radical (unpaired) electrons. The lowest BCUT2D eigenvalue weighted by molar-refractivity contribution is -0.136. The van der Waals surface area contributed by atoms with E-state index in [4.69, 9.17) is 9.97 Å². The summed E-state index contributed by atoms with van der Waals surface area (Å²) in [5.74, 6) is 1.92. The molecule has 1 amide bonds. The van der Waals surface area contributed by atoms with Crippen molar-refractivity contribution in [2.45, 2.75) is 39.7 Å². The van der Waals surface area contributed by atoms with Crippen molar-refractivity contribution in [1.29, 1.82) is 0 Å². The standard InChI is InChI=1S/C20H27N5O/c1-5-6-14(2)20(26)25-12-9-16-17(13-25)22-18(23-19(16)24(3)4)15-7-10-21-11-8-15/h7-8,10-11,14H,5-6,9,12-13H2,1-4H3/t14-/m0/s1. The average molecular weight is 353 g/mol. The molecule has 6 heteroatoms. The number of amides is 1. The van der Waals surface area contributed by atoms with E-state index in [1.54, 1.807) is 12.4 Å². The van der Waals surface area contributed by atoms with Crippen LogP contribution in [0, 0.1) is 5.92 Å². The summed E-state index contributed by atoms with van der Waals surface area (Å²) >= 11 is 0. The molecular formula is C20H27N5O. The second-order valence-electron chi connectivity index (χ2n) is 7.13. The Labute approximate surface area is 155 Å². The molecule has 0 aromatic carbocycles. The summed E-state index contributed by atoms with van der Waals surface area (Å²) in [5.41, 5.74) is 3.05. The summed E-state index contributed by atoms with van der Waals surface area (Å²) in [6.45, 7) is 5.43. The second kappa shape index (κ2) is 7.81. The number of carbonyl (C=O) groups is 1. The zero-order valence-electron chi connectivity index (χ0n) is 16.1. The highest BCUT2D eigenvalue weighted by atomic mass is 16.2. The number of anilines is 1. The largest absolute Gasteiger partial charge is 0.362 e. The van der Waals surface area contributed by atoms with E-state index in [1.165, 1.54) is 0 Å². The van der Waals surface area contributed by atoms with Gasteiger partial charge in [0.1, 0.15) is 5.82 Å². The summed E-state index contributed by atoms with van der Waals surface area (Å²) in [6, 6.07) is 3.83. The molecule has 2 aromatic heterocycles. The van der Waals surface area contributed by atoms with Crippen LogP contribution in [-0.2, 0) is 17.8 Å². The Balaban J connectivity index is 1.95. The van der Waals surface area contributed by atoms with Gasteiger partial charge in [-0.15, -0.1) is 0 Å². The Morgan fingerprint density at radius 3 is 2.65 bits per heavy atom. The molecule has 1 aliphatic rings. The molecule has 26 heavy (non-hydrogen) atoms. The minimum Gasteiger partial charge on any atom is -0.362 e. The van der Waals surface area contributed by atoms with Gasteiger partial charge in [-0.1, -0.05) is 20.3 Å². The first-order valence-electron chi connectivity index (χ1n) is 9.27. The van der Waals surface area contributed by atoms with Crippen LogP contribution in [0.1, 0.15) is 37.9 Å². The molecule has 138 valence electrons. The number of pyridine rings is 1. The lowest BCUT2D eigenvalue weighted by atomic mass is 10.00. The first-order chi connectivity index (χ1) is 12.5. The highest BCUT2D eigenvalue weighted by Gasteiger charge is 2.28. The van der Waals surface area contributed by atoms with E-state index in [1.807, 2.05) is 43.0 Å². The molecule has 1 atom stereocenters. The summed E-state index contributed by atoms with van der Waals surface area (Å²) in [5, 5.41) is 0. The molecule has 1 aliphatic heterocycles. The maximum absolute atomic E-state index is 12.7. The van der Waals surface area contributed by atoms with Crippen LogP contribution < -0.4 is 4.90 Å². The van der Waals surface area contributed by atoms with Crippen molar-refractivity contribution >= 4 is 11.7 Å². The fourth-order valence-corrected chi connectivity index (χ4v) is 3.47. The van der Waals surface area contributed by atoms with Gasteiger partial charge in [0.2, 0.25) is 5.91 Å². The molecule has 0 spiro atoms. The van der Waals surface area contributed by atoms with Crippen LogP contribution in [0.5, 0.6) is 0 Å². The third-order valence-electron chi connectivity index (χ3n) is 4.86. The Morgan fingerprint density at radius 1 is 1.27 bits per heavy atom. The molecule has 6 nitrogen and oxygen atoms in total. The minimum absolute atomic E-state index is 0.0661. The monoisotopic (exact) mass is 353 g/mol. The number of nitrogens with zero attached hydrogens (tertiary/aromatic N) is 5. The van der Waals surface area contributed by atoms with Crippen molar-refractivity contribution in [2.24, 2.45) is 5.92 Å². The van der Waals surface area contributed by atoms with E-state index >= 15 is 0 Å². The highest BCUT2D eigenvalue weighted by Crippen LogP contribution is 2.29. The van der Waals surface area contributed by atoms with Crippen LogP contribution in [0.2, 0.25) is 0 Å². The van der Waals surface area contributed by atoms with E-state index in [9.17, 15) is 4.79 Å². The molecule has 0 N–H and O–H groups in total. The lowest BCUT2D eigenvalue weighted by Crippen LogP contribution is -2.40. The Hall–Kier alpha value is -2.50. The molecule has 0 unspecified atom stereocenters. The lowest BCUT2D eigenvalue weighted by Gasteiger charge is -2.32. The van der Waals surface area contributed by atoms with Crippen molar-refractivity contribution in [3.63, 3.8) is 0 Å². The van der Waals surface area contributed by atoms with Crippen LogP contribution >= 0.6 is 0 Å². The van der Waals surface area contributed by atoms with Crippen molar-refractivity contribution in [3.05, 3.63) is 35.8 Å². The molecule has 3 rings (SSSR count). The third kappa shape index (κ3) is 3.69. The Bertz CT molecular complexity index is 775. The predicted molar refractivity (Wildman–Crippen MR) is 103 cm³/mol. The van der Waals surface area contributed by atoms with Gasteiger partial charge in [-0.25, -0.2) is 9.97 Å². The second-order valence-corrected chi connectivity index (χ2v) is 7.13. The fraction of sp³-hybridized carbons (Fsp3) is 0.500. The number of fused-ring (bicyclic) bond motifs is 1. The van der Waals surface area contributed by atoms with Crippen molar-refractivity contribution in [2.75, 3.05) is 25.5 Å². The molecular weight excluding hydrogens is 326 g/mol. The first kappa shape index (κ1) is 18.3. The average Bonchev–Trinajstić information content (AvgIpc) is 2.66. The quantitative estimate of drug-likeness (QED) is 0.827. The fourth-order valence-electron chi connectivity index (χ4n) is 3.47. The van der Waals surface area contributed by atoms with Gasteiger partial charge in [0, 0.05) is 50.1 Å². The van der Waals surface area contributed by atoms with Crippen molar-refractivity contribution in [1.82, 2.24) is 19.9 Å². The van der Waals surface area contributed by atoms with Gasteiger partial charge in [0.15, 0.2) is 5.82 Å². The van der Waals surface area contributed by atoms with Gasteiger partial charge in [-0.05, 0) is 25.0 Å². The molecule has 0 bridgehead atoms. The number of hydrogen-bond acceptors (Lipinski definition) is 5. The summed E-state index contributed by atoms with van der Waals surface area (Å²) in [7, 11) is 4.00. The number of aromatic nitrogens is 3. The van der Waals surface area contributed by atoms with Gasteiger partial charge < -0.3 is 9.80 Å².